The van der Waals surface area contributed by atoms with Crippen LogP contribution in [0, 0.1) is 0 Å². The molecule has 25 heavy (non-hydrogen) atoms. The van der Waals surface area contributed by atoms with E-state index >= 15 is 0 Å². The molecule has 132 valence electrons. The van der Waals surface area contributed by atoms with Crippen molar-refractivity contribution in [3.8, 4) is 0 Å². The summed E-state index contributed by atoms with van der Waals surface area (Å²) in [5.41, 5.74) is 2.00. The molecule has 0 aliphatic heterocycles. The largest absolute Gasteiger partial charge is 0.304 e. The number of hydrogen-bond donors (Lipinski definition) is 1. The molecular formula is C17H22N5O2S+. The van der Waals surface area contributed by atoms with E-state index in [1.54, 1.807) is 41.8 Å². The fourth-order valence-electron chi connectivity index (χ4n) is 2.77. The first kappa shape index (κ1) is 17.4. The molecule has 2 heterocycles. The molecule has 0 saturated carbocycles. The maximum Gasteiger partial charge on any atom is 0.303 e. The summed E-state index contributed by atoms with van der Waals surface area (Å²) in [6.45, 7) is 0.685. The Bertz CT molecular complexity index is 1020. The number of pyridine rings is 1. The summed E-state index contributed by atoms with van der Waals surface area (Å²) in [6.07, 6.45) is 3.27. The van der Waals surface area contributed by atoms with Crippen molar-refractivity contribution in [1.82, 2.24) is 14.5 Å². The third kappa shape index (κ3) is 3.64. The van der Waals surface area contributed by atoms with Crippen molar-refractivity contribution in [2.75, 3.05) is 18.8 Å². The van der Waals surface area contributed by atoms with Crippen LogP contribution in [-0.4, -0.2) is 37.0 Å². The number of sulfonamides is 1. The van der Waals surface area contributed by atoms with E-state index < -0.39 is 10.0 Å². The van der Waals surface area contributed by atoms with Crippen LogP contribution in [0.5, 0.6) is 0 Å². The van der Waals surface area contributed by atoms with E-state index in [1.807, 2.05) is 43.3 Å². The Labute approximate surface area is 147 Å². The minimum Gasteiger partial charge on any atom is -0.304 e. The van der Waals surface area contributed by atoms with E-state index in [-0.39, 0.29) is 5.03 Å². The zero-order valence-corrected chi connectivity index (χ0v) is 15.6. The lowest BCUT2D eigenvalue weighted by atomic mass is 10.2. The van der Waals surface area contributed by atoms with Gasteiger partial charge >= 0.3 is 10.0 Å². The lowest BCUT2D eigenvalue weighted by Crippen LogP contribution is -2.24. The lowest BCUT2D eigenvalue weighted by molar-refractivity contribution is -0.671. The number of aromatic nitrogens is 3. The van der Waals surface area contributed by atoms with Crippen LogP contribution in [0.25, 0.3) is 10.9 Å². The second-order valence-corrected chi connectivity index (χ2v) is 8.01. The van der Waals surface area contributed by atoms with E-state index in [1.165, 1.54) is 0 Å². The molecule has 0 spiro atoms. The van der Waals surface area contributed by atoms with Gasteiger partial charge in [0, 0.05) is 11.9 Å². The summed E-state index contributed by atoms with van der Waals surface area (Å²) in [6, 6.07) is 9.38. The minimum atomic E-state index is -3.71. The highest BCUT2D eigenvalue weighted by molar-refractivity contribution is 7.92. The molecule has 0 fully saturated rings. The topological polar surface area (TPSA) is 71.1 Å². The maximum atomic E-state index is 12.8. The van der Waals surface area contributed by atoms with Crippen molar-refractivity contribution >= 4 is 26.6 Å². The summed E-state index contributed by atoms with van der Waals surface area (Å²) in [4.78, 5) is 6.66. The Morgan fingerprint density at radius 2 is 2.00 bits per heavy atom. The van der Waals surface area contributed by atoms with Crippen LogP contribution in [0.4, 0.5) is 5.69 Å². The van der Waals surface area contributed by atoms with E-state index in [2.05, 4.69) is 9.71 Å². The molecule has 3 rings (SSSR count). The Kier molecular flexibility index (Phi) is 4.49. The third-order valence-corrected chi connectivity index (χ3v) is 5.23. The number of nitrogens with one attached hydrogen (secondary N) is 1. The van der Waals surface area contributed by atoms with Gasteiger partial charge in [-0.1, -0.05) is 18.2 Å². The van der Waals surface area contributed by atoms with Crippen LogP contribution >= 0.6 is 0 Å². The molecule has 7 nitrogen and oxygen atoms in total. The Hall–Kier alpha value is -2.45. The summed E-state index contributed by atoms with van der Waals surface area (Å²) in [7, 11) is 3.71. The van der Waals surface area contributed by atoms with Crippen molar-refractivity contribution in [3.63, 3.8) is 0 Å². The van der Waals surface area contributed by atoms with Gasteiger partial charge in [0.25, 0.3) is 5.03 Å². The van der Waals surface area contributed by atoms with Crippen LogP contribution in [0.15, 0.2) is 47.9 Å². The average Bonchev–Trinajstić information content (AvgIpc) is 2.86. The second kappa shape index (κ2) is 6.45. The van der Waals surface area contributed by atoms with Gasteiger partial charge in [-0.3, -0.25) is 4.72 Å². The normalized spacial score (nSPS) is 12.0. The summed E-state index contributed by atoms with van der Waals surface area (Å²) < 4.78 is 31.5. The number of rotatable bonds is 5. The van der Waals surface area contributed by atoms with Crippen LogP contribution in [0.2, 0.25) is 0 Å². The van der Waals surface area contributed by atoms with E-state index in [0.29, 0.717) is 17.7 Å². The van der Waals surface area contributed by atoms with Gasteiger partial charge in [-0.05, 0) is 26.2 Å². The summed E-state index contributed by atoms with van der Waals surface area (Å²) in [5.74, 6) is 0. The maximum absolute atomic E-state index is 12.8. The summed E-state index contributed by atoms with van der Waals surface area (Å²) in [5, 5.41) is 1.08. The molecular weight excluding hydrogens is 338 g/mol. The highest BCUT2D eigenvalue weighted by Gasteiger charge is 2.25. The van der Waals surface area contributed by atoms with Crippen molar-refractivity contribution in [1.29, 1.82) is 0 Å². The quantitative estimate of drug-likeness (QED) is 0.696. The van der Waals surface area contributed by atoms with Crippen LogP contribution in [0.1, 0.15) is 5.69 Å². The Morgan fingerprint density at radius 3 is 2.64 bits per heavy atom. The van der Waals surface area contributed by atoms with Crippen molar-refractivity contribution in [2.45, 2.75) is 11.6 Å². The Morgan fingerprint density at radius 1 is 1.24 bits per heavy atom. The van der Waals surface area contributed by atoms with Crippen LogP contribution in [-0.2, 0) is 30.7 Å². The van der Waals surface area contributed by atoms with Crippen LogP contribution in [0.3, 0.4) is 0 Å². The van der Waals surface area contributed by atoms with E-state index in [0.717, 1.165) is 11.1 Å². The molecule has 0 amide bonds. The monoisotopic (exact) mass is 360 g/mol. The molecule has 0 saturated heterocycles. The number of imidazole rings is 1. The average molecular weight is 360 g/mol. The summed E-state index contributed by atoms with van der Waals surface area (Å²) >= 11 is 0. The molecule has 0 aliphatic rings. The van der Waals surface area contributed by atoms with Gasteiger partial charge in [0.05, 0.1) is 31.0 Å². The van der Waals surface area contributed by atoms with Crippen LogP contribution < -0.4 is 9.29 Å². The highest BCUT2D eigenvalue weighted by Crippen LogP contribution is 2.24. The van der Waals surface area contributed by atoms with Crippen molar-refractivity contribution in [2.24, 2.45) is 14.1 Å². The van der Waals surface area contributed by atoms with Gasteiger partial charge in [-0.15, -0.1) is 0 Å². The lowest BCUT2D eigenvalue weighted by Gasteiger charge is -2.12. The Balaban J connectivity index is 2.04. The minimum absolute atomic E-state index is 0.191. The van der Waals surface area contributed by atoms with Gasteiger partial charge in [0.15, 0.2) is 6.20 Å². The van der Waals surface area contributed by atoms with E-state index in [4.69, 9.17) is 0 Å². The molecule has 0 aliphatic carbocycles. The zero-order chi connectivity index (χ0) is 18.2. The van der Waals surface area contributed by atoms with Crippen molar-refractivity contribution < 1.29 is 13.0 Å². The predicted octanol–water partition coefficient (Wildman–Crippen LogP) is 1.26. The smallest absolute Gasteiger partial charge is 0.303 e. The van der Waals surface area contributed by atoms with Gasteiger partial charge in [0.1, 0.15) is 0 Å². The molecule has 2 aromatic heterocycles. The van der Waals surface area contributed by atoms with E-state index in [9.17, 15) is 8.42 Å². The SMILES string of the molecule is CN(C)Cc1ccc2cccc(NS(=O)(=O)c3c[n+](C)cn3C)c2n1. The molecule has 1 N–H and O–H groups in total. The molecule has 3 aromatic rings. The van der Waals surface area contributed by atoms with Crippen molar-refractivity contribution in [3.05, 3.63) is 48.5 Å². The number of fused-ring (bicyclic) bond motifs is 1. The zero-order valence-electron chi connectivity index (χ0n) is 14.8. The standard InChI is InChI=1S/C17H22N5O2S/c1-20(2)10-14-9-8-13-6-5-7-15(17(13)18-14)19-25(23,24)16-11-21(3)12-22(16)4/h5-9,11-12,19H,10H2,1-4H3/q+1. The molecule has 0 bridgehead atoms. The molecule has 0 radical (unpaired) electrons. The molecule has 1 aromatic carbocycles. The number of anilines is 1. The number of hydrogen-bond acceptors (Lipinski definition) is 4. The molecule has 0 atom stereocenters. The second-order valence-electron chi connectivity index (χ2n) is 6.38. The van der Waals surface area contributed by atoms with Gasteiger partial charge in [-0.25, -0.2) is 14.1 Å². The molecule has 8 heteroatoms. The highest BCUT2D eigenvalue weighted by atomic mass is 32.2. The number of benzene rings is 1. The fraction of sp³-hybridized carbons (Fsp3) is 0.294. The van der Waals surface area contributed by atoms with Gasteiger partial charge < -0.3 is 4.90 Å². The number of aryl methyl sites for hydroxylation is 2. The molecule has 0 unspecified atom stereocenters. The third-order valence-electron chi connectivity index (χ3n) is 3.79. The fourth-order valence-corrected chi connectivity index (χ4v) is 4.06. The number of nitrogens with zero attached hydrogens (tertiary/aromatic N) is 4. The van der Waals surface area contributed by atoms with Gasteiger partial charge in [-0.2, -0.15) is 8.42 Å². The van der Waals surface area contributed by atoms with Gasteiger partial charge in [0.2, 0.25) is 6.33 Å². The first-order valence-corrected chi connectivity index (χ1v) is 9.32. The predicted molar refractivity (Wildman–Crippen MR) is 96.5 cm³/mol. The number of para-hydroxylation sites is 1. The first-order chi connectivity index (χ1) is 11.8. The first-order valence-electron chi connectivity index (χ1n) is 7.84.